The summed E-state index contributed by atoms with van der Waals surface area (Å²) in [6.07, 6.45) is 1.45. The number of imidazole rings is 1. The van der Waals surface area contributed by atoms with Gasteiger partial charge in [0.25, 0.3) is 5.56 Å². The van der Waals surface area contributed by atoms with Crippen LogP contribution >= 0.6 is 0 Å². The Hall–Kier alpha value is -1.89. The standard InChI is InChI=1S/C7H9N5O2/c8-7-10-5-4(6(14)11-7)9-3-12(5)1-2-13/h3,13H,1-2H2,(H3,8,10,11,14). The lowest BCUT2D eigenvalue weighted by molar-refractivity contribution is 0.277. The van der Waals surface area contributed by atoms with Gasteiger partial charge in [-0.25, -0.2) is 4.98 Å². The van der Waals surface area contributed by atoms with Crippen molar-refractivity contribution >= 4 is 17.1 Å². The van der Waals surface area contributed by atoms with Crippen LogP contribution in [0.2, 0.25) is 0 Å². The molecular formula is C7H9N5O2. The van der Waals surface area contributed by atoms with E-state index in [1.54, 1.807) is 4.57 Å². The molecule has 0 radical (unpaired) electrons. The minimum Gasteiger partial charge on any atom is -0.395 e. The third-order valence-corrected chi connectivity index (χ3v) is 1.83. The van der Waals surface area contributed by atoms with Gasteiger partial charge in [-0.2, -0.15) is 4.98 Å². The summed E-state index contributed by atoms with van der Waals surface area (Å²) < 4.78 is 1.57. The van der Waals surface area contributed by atoms with Crippen LogP contribution < -0.4 is 11.3 Å². The number of nitrogen functional groups attached to an aromatic ring is 1. The molecule has 2 heterocycles. The van der Waals surface area contributed by atoms with Crippen LogP contribution in [-0.2, 0) is 6.54 Å². The Labute approximate surface area is 78.2 Å². The van der Waals surface area contributed by atoms with E-state index >= 15 is 0 Å². The summed E-state index contributed by atoms with van der Waals surface area (Å²) in [7, 11) is 0. The Morgan fingerprint density at radius 3 is 3.14 bits per heavy atom. The fraction of sp³-hybridized carbons (Fsp3) is 0.286. The highest BCUT2D eigenvalue weighted by molar-refractivity contribution is 5.70. The van der Waals surface area contributed by atoms with Crippen molar-refractivity contribution in [3.05, 3.63) is 16.7 Å². The van der Waals surface area contributed by atoms with Gasteiger partial charge in [-0.05, 0) is 0 Å². The van der Waals surface area contributed by atoms with Crippen LogP contribution in [0, 0.1) is 0 Å². The van der Waals surface area contributed by atoms with Crippen LogP contribution in [0.5, 0.6) is 0 Å². The van der Waals surface area contributed by atoms with Crippen molar-refractivity contribution in [1.29, 1.82) is 0 Å². The van der Waals surface area contributed by atoms with Gasteiger partial charge in [0.05, 0.1) is 12.9 Å². The lowest BCUT2D eigenvalue weighted by Crippen LogP contribution is -2.12. The van der Waals surface area contributed by atoms with E-state index in [0.717, 1.165) is 0 Å². The molecule has 7 heteroatoms. The summed E-state index contributed by atoms with van der Waals surface area (Å²) in [5.41, 5.74) is 5.63. The van der Waals surface area contributed by atoms with E-state index in [1.807, 2.05) is 0 Å². The Morgan fingerprint density at radius 1 is 1.64 bits per heavy atom. The molecule has 2 rings (SSSR count). The second kappa shape index (κ2) is 3.11. The average Bonchev–Trinajstić information content (AvgIpc) is 2.49. The number of fused-ring (bicyclic) bond motifs is 1. The molecule has 2 aromatic heterocycles. The number of nitrogens with one attached hydrogen (secondary N) is 1. The number of rotatable bonds is 2. The number of hydrogen-bond acceptors (Lipinski definition) is 5. The van der Waals surface area contributed by atoms with E-state index in [-0.39, 0.29) is 23.6 Å². The zero-order valence-corrected chi connectivity index (χ0v) is 7.27. The maximum absolute atomic E-state index is 11.3. The van der Waals surface area contributed by atoms with E-state index in [2.05, 4.69) is 15.0 Å². The van der Waals surface area contributed by atoms with Gasteiger partial charge in [0.15, 0.2) is 11.2 Å². The maximum Gasteiger partial charge on any atom is 0.280 e. The monoisotopic (exact) mass is 195 g/mol. The molecular weight excluding hydrogens is 186 g/mol. The second-order valence-electron chi connectivity index (χ2n) is 2.78. The molecule has 0 spiro atoms. The fourth-order valence-electron chi connectivity index (χ4n) is 1.24. The van der Waals surface area contributed by atoms with Gasteiger partial charge in [0, 0.05) is 6.54 Å². The molecule has 0 unspecified atom stereocenters. The summed E-state index contributed by atoms with van der Waals surface area (Å²) in [5.74, 6) is 0.0437. The molecule has 0 saturated carbocycles. The Morgan fingerprint density at radius 2 is 2.43 bits per heavy atom. The number of aromatic amines is 1. The summed E-state index contributed by atoms with van der Waals surface area (Å²) in [6, 6.07) is 0. The minimum absolute atomic E-state index is 0.0418. The molecule has 0 aliphatic heterocycles. The number of aliphatic hydroxyl groups excluding tert-OH is 1. The van der Waals surface area contributed by atoms with E-state index < -0.39 is 0 Å². The molecule has 0 fully saturated rings. The van der Waals surface area contributed by atoms with E-state index in [9.17, 15) is 4.79 Å². The average molecular weight is 195 g/mol. The molecule has 0 atom stereocenters. The van der Waals surface area contributed by atoms with Crippen molar-refractivity contribution in [2.75, 3.05) is 12.3 Å². The SMILES string of the molecule is Nc1nc2c(ncn2CCO)c(=O)[nH]1. The molecule has 0 aliphatic rings. The molecule has 14 heavy (non-hydrogen) atoms. The highest BCUT2D eigenvalue weighted by Crippen LogP contribution is 2.05. The van der Waals surface area contributed by atoms with Crippen molar-refractivity contribution in [3.63, 3.8) is 0 Å². The van der Waals surface area contributed by atoms with Gasteiger partial charge in [-0.3, -0.25) is 9.78 Å². The van der Waals surface area contributed by atoms with Gasteiger partial charge in [0.1, 0.15) is 0 Å². The molecule has 2 aromatic rings. The molecule has 7 nitrogen and oxygen atoms in total. The second-order valence-corrected chi connectivity index (χ2v) is 2.78. The van der Waals surface area contributed by atoms with Crippen LogP contribution in [0.3, 0.4) is 0 Å². The van der Waals surface area contributed by atoms with Crippen LogP contribution in [0.25, 0.3) is 11.2 Å². The summed E-state index contributed by atoms with van der Waals surface area (Å²) >= 11 is 0. The predicted molar refractivity (Wildman–Crippen MR) is 49.6 cm³/mol. The van der Waals surface area contributed by atoms with E-state index in [0.29, 0.717) is 12.2 Å². The lowest BCUT2D eigenvalue weighted by atomic mass is 10.5. The highest BCUT2D eigenvalue weighted by atomic mass is 16.3. The summed E-state index contributed by atoms with van der Waals surface area (Å²) in [6.45, 7) is 0.298. The smallest absolute Gasteiger partial charge is 0.280 e. The third kappa shape index (κ3) is 1.23. The number of nitrogens with zero attached hydrogens (tertiary/aromatic N) is 3. The Kier molecular flexibility index (Phi) is 1.93. The Bertz CT molecular complexity index is 514. The quantitative estimate of drug-likeness (QED) is 0.551. The van der Waals surface area contributed by atoms with Crippen molar-refractivity contribution in [2.24, 2.45) is 0 Å². The lowest BCUT2D eigenvalue weighted by Gasteiger charge is -1.99. The first kappa shape index (κ1) is 8.70. The number of aromatic nitrogens is 4. The molecule has 0 saturated heterocycles. The molecule has 0 aromatic carbocycles. The maximum atomic E-state index is 11.3. The highest BCUT2D eigenvalue weighted by Gasteiger charge is 2.07. The number of hydrogen-bond donors (Lipinski definition) is 3. The molecule has 74 valence electrons. The van der Waals surface area contributed by atoms with E-state index in [4.69, 9.17) is 10.8 Å². The number of nitrogens with two attached hydrogens (primary N) is 1. The number of aliphatic hydroxyl groups is 1. The van der Waals surface area contributed by atoms with Crippen molar-refractivity contribution < 1.29 is 5.11 Å². The van der Waals surface area contributed by atoms with E-state index in [1.165, 1.54) is 6.33 Å². The van der Waals surface area contributed by atoms with Gasteiger partial charge >= 0.3 is 0 Å². The minimum atomic E-state index is -0.371. The third-order valence-electron chi connectivity index (χ3n) is 1.83. The van der Waals surface area contributed by atoms with Crippen molar-refractivity contribution in [2.45, 2.75) is 6.54 Å². The van der Waals surface area contributed by atoms with Crippen LogP contribution in [-0.4, -0.2) is 31.2 Å². The van der Waals surface area contributed by atoms with Gasteiger partial charge in [-0.15, -0.1) is 0 Å². The normalized spacial score (nSPS) is 10.9. The molecule has 4 N–H and O–H groups in total. The molecule has 0 amide bonds. The van der Waals surface area contributed by atoms with Gasteiger partial charge < -0.3 is 15.4 Å². The first-order chi connectivity index (χ1) is 6.72. The zero-order valence-electron chi connectivity index (χ0n) is 7.27. The fourth-order valence-corrected chi connectivity index (χ4v) is 1.24. The number of H-pyrrole nitrogens is 1. The van der Waals surface area contributed by atoms with Crippen molar-refractivity contribution in [3.8, 4) is 0 Å². The van der Waals surface area contributed by atoms with Crippen molar-refractivity contribution in [1.82, 2.24) is 19.5 Å². The molecule has 0 bridgehead atoms. The summed E-state index contributed by atoms with van der Waals surface area (Å²) in [4.78, 5) is 21.4. The number of anilines is 1. The van der Waals surface area contributed by atoms with Gasteiger partial charge in [0.2, 0.25) is 5.95 Å². The topological polar surface area (TPSA) is 110 Å². The largest absolute Gasteiger partial charge is 0.395 e. The Balaban J connectivity index is 2.72. The van der Waals surface area contributed by atoms with Gasteiger partial charge in [-0.1, -0.05) is 0 Å². The molecule has 0 aliphatic carbocycles. The van der Waals surface area contributed by atoms with Crippen LogP contribution in [0.15, 0.2) is 11.1 Å². The predicted octanol–water partition coefficient (Wildman–Crippen LogP) is -1.31. The first-order valence-corrected chi connectivity index (χ1v) is 4.04. The zero-order chi connectivity index (χ0) is 10.1. The van der Waals surface area contributed by atoms with Crippen LogP contribution in [0.1, 0.15) is 0 Å². The summed E-state index contributed by atoms with van der Waals surface area (Å²) in [5, 5.41) is 8.74. The first-order valence-electron chi connectivity index (χ1n) is 4.04. The van der Waals surface area contributed by atoms with Crippen LogP contribution in [0.4, 0.5) is 5.95 Å².